The van der Waals surface area contributed by atoms with E-state index in [1.807, 2.05) is 37.3 Å². The highest BCUT2D eigenvalue weighted by atomic mass is 35.5. The zero-order valence-electron chi connectivity index (χ0n) is 12.2. The Morgan fingerprint density at radius 3 is 2.40 bits per heavy atom. The molecule has 0 amide bonds. The molecular formula is C15H19ClN4. The topological polar surface area (TPSA) is 49.8 Å². The molecule has 0 unspecified atom stereocenters. The van der Waals surface area contributed by atoms with E-state index in [-0.39, 0.29) is 5.54 Å². The molecule has 0 spiro atoms. The van der Waals surface area contributed by atoms with Crippen molar-refractivity contribution in [3.8, 4) is 0 Å². The number of halogens is 1. The number of aryl methyl sites for hydroxylation is 1. The summed E-state index contributed by atoms with van der Waals surface area (Å²) in [4.78, 5) is 8.77. The summed E-state index contributed by atoms with van der Waals surface area (Å²) in [5.74, 6) is 2.25. The third-order valence-electron chi connectivity index (χ3n) is 2.44. The molecule has 1 aromatic carbocycles. The zero-order valence-corrected chi connectivity index (χ0v) is 12.9. The van der Waals surface area contributed by atoms with Gasteiger partial charge in [-0.05, 0) is 45.9 Å². The van der Waals surface area contributed by atoms with Crippen LogP contribution in [0.15, 0.2) is 30.3 Å². The zero-order chi connectivity index (χ0) is 14.8. The van der Waals surface area contributed by atoms with Gasteiger partial charge in [-0.25, -0.2) is 9.97 Å². The molecule has 20 heavy (non-hydrogen) atoms. The summed E-state index contributed by atoms with van der Waals surface area (Å²) >= 11 is 5.98. The third kappa shape index (κ3) is 4.38. The van der Waals surface area contributed by atoms with E-state index in [1.54, 1.807) is 0 Å². The number of aromatic nitrogens is 2. The summed E-state index contributed by atoms with van der Waals surface area (Å²) in [5, 5.41) is 7.27. The Hall–Kier alpha value is -1.81. The minimum absolute atomic E-state index is 0.0475. The van der Waals surface area contributed by atoms with E-state index >= 15 is 0 Å². The van der Waals surface area contributed by atoms with Crippen LogP contribution in [-0.4, -0.2) is 15.5 Å². The van der Waals surface area contributed by atoms with Crippen LogP contribution < -0.4 is 10.6 Å². The number of rotatable bonds is 3. The molecular weight excluding hydrogens is 272 g/mol. The van der Waals surface area contributed by atoms with Crippen molar-refractivity contribution in [1.82, 2.24) is 9.97 Å². The van der Waals surface area contributed by atoms with Gasteiger partial charge in [0.1, 0.15) is 17.5 Å². The van der Waals surface area contributed by atoms with E-state index in [2.05, 4.69) is 41.4 Å². The minimum Gasteiger partial charge on any atom is -0.365 e. The summed E-state index contributed by atoms with van der Waals surface area (Å²) in [6.07, 6.45) is 0. The molecule has 0 radical (unpaired) electrons. The molecule has 5 heteroatoms. The molecule has 0 saturated heterocycles. The lowest BCUT2D eigenvalue weighted by molar-refractivity contribution is 0.629. The van der Waals surface area contributed by atoms with Crippen LogP contribution in [0.25, 0.3) is 0 Å². The molecule has 2 aromatic rings. The largest absolute Gasteiger partial charge is 0.365 e. The molecule has 106 valence electrons. The van der Waals surface area contributed by atoms with Gasteiger partial charge in [-0.1, -0.05) is 17.7 Å². The second-order valence-corrected chi connectivity index (χ2v) is 6.13. The number of anilines is 3. The van der Waals surface area contributed by atoms with Crippen molar-refractivity contribution in [3.05, 3.63) is 41.2 Å². The second-order valence-electron chi connectivity index (χ2n) is 5.70. The number of hydrogen-bond donors (Lipinski definition) is 2. The average molecular weight is 291 g/mol. The van der Waals surface area contributed by atoms with Crippen LogP contribution in [0.3, 0.4) is 0 Å². The van der Waals surface area contributed by atoms with E-state index in [0.717, 1.165) is 17.3 Å². The van der Waals surface area contributed by atoms with Gasteiger partial charge in [0.2, 0.25) is 0 Å². The molecule has 4 nitrogen and oxygen atoms in total. The normalized spacial score (nSPS) is 11.2. The van der Waals surface area contributed by atoms with Gasteiger partial charge in [0.25, 0.3) is 0 Å². The molecule has 0 saturated carbocycles. The van der Waals surface area contributed by atoms with Crippen LogP contribution in [0.4, 0.5) is 17.3 Å². The van der Waals surface area contributed by atoms with E-state index < -0.39 is 0 Å². The van der Waals surface area contributed by atoms with E-state index in [0.29, 0.717) is 10.8 Å². The number of nitrogens with one attached hydrogen (secondary N) is 2. The quantitative estimate of drug-likeness (QED) is 0.880. The highest BCUT2D eigenvalue weighted by Gasteiger charge is 2.11. The lowest BCUT2D eigenvalue weighted by atomic mass is 10.1. The fourth-order valence-electron chi connectivity index (χ4n) is 1.79. The van der Waals surface area contributed by atoms with Gasteiger partial charge in [-0.2, -0.15) is 0 Å². The summed E-state index contributed by atoms with van der Waals surface area (Å²) in [5.41, 5.74) is 0.853. The molecule has 0 bridgehead atoms. The fraction of sp³-hybridized carbons (Fsp3) is 0.333. The number of hydrogen-bond acceptors (Lipinski definition) is 4. The maximum atomic E-state index is 5.98. The Balaban J connectivity index is 2.24. The predicted octanol–water partition coefficient (Wildman–Crippen LogP) is 4.39. The third-order valence-corrected chi connectivity index (χ3v) is 2.67. The van der Waals surface area contributed by atoms with Gasteiger partial charge < -0.3 is 10.6 Å². The van der Waals surface area contributed by atoms with Crippen LogP contribution in [0.5, 0.6) is 0 Å². The molecule has 0 fully saturated rings. The fourth-order valence-corrected chi connectivity index (χ4v) is 1.98. The molecule has 0 aliphatic rings. The smallest absolute Gasteiger partial charge is 0.136 e. The summed E-state index contributed by atoms with van der Waals surface area (Å²) in [6.45, 7) is 8.15. The molecule has 1 aromatic heterocycles. The van der Waals surface area contributed by atoms with Crippen molar-refractivity contribution in [2.45, 2.75) is 33.2 Å². The summed E-state index contributed by atoms with van der Waals surface area (Å²) in [7, 11) is 0. The van der Waals surface area contributed by atoms with Gasteiger partial charge in [0.15, 0.2) is 0 Å². The Morgan fingerprint density at radius 1 is 1.05 bits per heavy atom. The highest BCUT2D eigenvalue weighted by molar-refractivity contribution is 6.30. The van der Waals surface area contributed by atoms with Crippen molar-refractivity contribution in [3.63, 3.8) is 0 Å². The Morgan fingerprint density at radius 2 is 1.75 bits per heavy atom. The lowest BCUT2D eigenvalue weighted by Gasteiger charge is -2.21. The van der Waals surface area contributed by atoms with Gasteiger partial charge in [0, 0.05) is 22.3 Å². The first kappa shape index (κ1) is 14.6. The van der Waals surface area contributed by atoms with Gasteiger partial charge in [-0.15, -0.1) is 0 Å². The maximum Gasteiger partial charge on any atom is 0.136 e. The van der Waals surface area contributed by atoms with E-state index in [9.17, 15) is 0 Å². The van der Waals surface area contributed by atoms with Crippen molar-refractivity contribution in [2.24, 2.45) is 0 Å². The first-order chi connectivity index (χ1) is 9.32. The summed E-state index contributed by atoms with van der Waals surface area (Å²) in [6, 6.07) is 9.42. The molecule has 1 heterocycles. The molecule has 2 N–H and O–H groups in total. The Labute approximate surface area is 124 Å². The van der Waals surface area contributed by atoms with E-state index in [1.165, 1.54) is 0 Å². The van der Waals surface area contributed by atoms with Crippen LogP contribution >= 0.6 is 11.6 Å². The average Bonchev–Trinajstić information content (AvgIpc) is 2.25. The molecule has 0 aliphatic carbocycles. The van der Waals surface area contributed by atoms with Crippen molar-refractivity contribution >= 4 is 28.9 Å². The molecule has 2 rings (SSSR count). The van der Waals surface area contributed by atoms with Crippen LogP contribution in [0.2, 0.25) is 5.02 Å². The summed E-state index contributed by atoms with van der Waals surface area (Å²) < 4.78 is 0. The van der Waals surface area contributed by atoms with Gasteiger partial charge in [0.05, 0.1) is 0 Å². The predicted molar refractivity (Wildman–Crippen MR) is 84.9 cm³/mol. The van der Waals surface area contributed by atoms with Crippen molar-refractivity contribution < 1.29 is 0 Å². The Kier molecular flexibility index (Phi) is 4.14. The van der Waals surface area contributed by atoms with Crippen molar-refractivity contribution in [2.75, 3.05) is 10.6 Å². The first-order valence-corrected chi connectivity index (χ1v) is 6.86. The Bertz CT molecular complexity index is 605. The minimum atomic E-state index is -0.0475. The van der Waals surface area contributed by atoms with E-state index in [4.69, 9.17) is 11.6 Å². The molecule has 0 aliphatic heterocycles. The second kappa shape index (κ2) is 5.67. The van der Waals surface area contributed by atoms with Crippen LogP contribution in [0.1, 0.15) is 26.6 Å². The maximum absolute atomic E-state index is 5.98. The SMILES string of the molecule is Cc1nc(Nc2cccc(Cl)c2)cc(NC(C)(C)C)n1. The van der Waals surface area contributed by atoms with Crippen LogP contribution in [-0.2, 0) is 0 Å². The van der Waals surface area contributed by atoms with Crippen molar-refractivity contribution in [1.29, 1.82) is 0 Å². The number of nitrogens with zero attached hydrogens (tertiary/aromatic N) is 2. The van der Waals surface area contributed by atoms with Crippen LogP contribution in [0, 0.1) is 6.92 Å². The lowest BCUT2D eigenvalue weighted by Crippen LogP contribution is -2.26. The van der Waals surface area contributed by atoms with Gasteiger partial charge >= 0.3 is 0 Å². The highest BCUT2D eigenvalue weighted by Crippen LogP contribution is 2.21. The first-order valence-electron chi connectivity index (χ1n) is 6.48. The number of benzene rings is 1. The molecule has 0 atom stereocenters. The monoisotopic (exact) mass is 290 g/mol. The van der Waals surface area contributed by atoms with Gasteiger partial charge in [-0.3, -0.25) is 0 Å². The standard InChI is InChI=1S/C15H19ClN4/c1-10-17-13(9-14(18-10)20-15(2,3)4)19-12-7-5-6-11(16)8-12/h5-9H,1-4H3,(H2,17,18,19,20).